The van der Waals surface area contributed by atoms with Crippen molar-refractivity contribution in [2.75, 3.05) is 46.5 Å². The van der Waals surface area contributed by atoms with Crippen molar-refractivity contribution < 1.29 is 13.2 Å². The normalized spacial score (nSPS) is 23.2. The maximum absolute atomic E-state index is 12.9. The lowest BCUT2D eigenvalue weighted by molar-refractivity contribution is -0.137. The summed E-state index contributed by atoms with van der Waals surface area (Å²) in [5.74, 6) is 2.11. The molecule has 0 amide bonds. The standard InChI is InChI=1S/C25H31F3N6S/c1-29-22(19-9-11-31-32-16-19)33(3)23(30-2)35-14-4-12-34-13-10-24(17-34)15-21(24)18-5-7-20(8-6-18)25(26,27)28/h5-9,11,16,21H,4,10,12-15,17H2,1-3H3/b29-22-,30-23+/t21-,24+/m1/s1. The molecule has 1 aliphatic heterocycles. The van der Waals surface area contributed by atoms with Gasteiger partial charge in [0.1, 0.15) is 5.84 Å². The lowest BCUT2D eigenvalue weighted by atomic mass is 9.97. The average molecular weight is 505 g/mol. The lowest BCUT2D eigenvalue weighted by Crippen LogP contribution is -2.32. The number of benzene rings is 1. The van der Waals surface area contributed by atoms with E-state index in [-0.39, 0.29) is 5.41 Å². The Morgan fingerprint density at radius 3 is 2.57 bits per heavy atom. The number of rotatable bonds is 6. The Hall–Kier alpha value is -2.46. The van der Waals surface area contributed by atoms with Gasteiger partial charge < -0.3 is 9.80 Å². The van der Waals surface area contributed by atoms with Gasteiger partial charge in [-0.25, -0.2) is 0 Å². The van der Waals surface area contributed by atoms with E-state index < -0.39 is 11.7 Å². The molecule has 1 spiro atoms. The summed E-state index contributed by atoms with van der Waals surface area (Å²) in [5.41, 5.74) is 1.60. The summed E-state index contributed by atoms with van der Waals surface area (Å²) in [6, 6.07) is 7.64. The van der Waals surface area contributed by atoms with Crippen LogP contribution in [0.1, 0.15) is 41.9 Å². The Balaban J connectivity index is 1.23. The van der Waals surface area contributed by atoms with E-state index in [4.69, 9.17) is 0 Å². The first kappa shape index (κ1) is 25.6. The molecule has 0 radical (unpaired) electrons. The zero-order chi connectivity index (χ0) is 25.1. The van der Waals surface area contributed by atoms with Crippen LogP contribution in [0.15, 0.2) is 52.7 Å². The molecule has 2 heterocycles. The number of hydrogen-bond acceptors (Lipinski definition) is 6. The highest BCUT2D eigenvalue weighted by Crippen LogP contribution is 2.64. The van der Waals surface area contributed by atoms with Gasteiger partial charge in [0.15, 0.2) is 5.17 Å². The summed E-state index contributed by atoms with van der Waals surface area (Å²) in [6.45, 7) is 3.09. The minimum absolute atomic E-state index is 0.244. The number of likely N-dealkylation sites (tertiary alicyclic amines) is 1. The molecule has 2 aliphatic rings. The topological polar surface area (TPSA) is 57.0 Å². The first-order valence-corrected chi connectivity index (χ1v) is 12.7. The Morgan fingerprint density at radius 1 is 1.17 bits per heavy atom. The van der Waals surface area contributed by atoms with Gasteiger partial charge in [0.05, 0.1) is 18.0 Å². The molecular formula is C25H31F3N6S. The monoisotopic (exact) mass is 504 g/mol. The van der Waals surface area contributed by atoms with Crippen LogP contribution >= 0.6 is 11.8 Å². The molecule has 1 aliphatic carbocycles. The Kier molecular flexibility index (Phi) is 7.80. The molecule has 6 nitrogen and oxygen atoms in total. The van der Waals surface area contributed by atoms with Crippen molar-refractivity contribution in [2.24, 2.45) is 15.4 Å². The molecule has 0 unspecified atom stereocenters. The van der Waals surface area contributed by atoms with E-state index in [2.05, 4.69) is 25.1 Å². The van der Waals surface area contributed by atoms with Gasteiger partial charge in [-0.2, -0.15) is 23.4 Å². The summed E-state index contributed by atoms with van der Waals surface area (Å²) in [6.07, 6.45) is 2.29. The van der Waals surface area contributed by atoms with Crippen molar-refractivity contribution in [3.8, 4) is 0 Å². The maximum atomic E-state index is 12.9. The van der Waals surface area contributed by atoms with Crippen molar-refractivity contribution in [1.82, 2.24) is 20.0 Å². The van der Waals surface area contributed by atoms with Gasteiger partial charge in [0.2, 0.25) is 0 Å². The number of thioether (sulfide) groups is 1. The quantitative estimate of drug-likeness (QED) is 0.322. The van der Waals surface area contributed by atoms with Gasteiger partial charge in [-0.1, -0.05) is 23.9 Å². The second kappa shape index (κ2) is 10.7. The number of aliphatic imine (C=N–C) groups is 2. The zero-order valence-corrected chi connectivity index (χ0v) is 21.1. The average Bonchev–Trinajstić information content (AvgIpc) is 3.40. The molecular weight excluding hydrogens is 473 g/mol. The molecule has 1 saturated carbocycles. The number of nitrogens with zero attached hydrogens (tertiary/aromatic N) is 6. The largest absolute Gasteiger partial charge is 0.416 e. The molecule has 10 heteroatoms. The number of amidine groups is 2. The third kappa shape index (κ3) is 5.86. The van der Waals surface area contributed by atoms with Crippen LogP contribution in [0.25, 0.3) is 0 Å². The highest BCUT2D eigenvalue weighted by Gasteiger charge is 2.57. The molecule has 1 aromatic carbocycles. The maximum Gasteiger partial charge on any atom is 0.416 e. The Labute approximate surface area is 208 Å². The molecule has 2 fully saturated rings. The summed E-state index contributed by atoms with van der Waals surface area (Å²) >= 11 is 1.71. The van der Waals surface area contributed by atoms with Gasteiger partial charge in [0.25, 0.3) is 0 Å². The van der Waals surface area contributed by atoms with Crippen LogP contribution < -0.4 is 0 Å². The minimum atomic E-state index is -4.28. The Bertz CT molecular complexity index is 1060. The van der Waals surface area contributed by atoms with E-state index in [9.17, 15) is 13.2 Å². The third-order valence-electron chi connectivity index (χ3n) is 6.99. The van der Waals surface area contributed by atoms with Gasteiger partial charge in [-0.05, 0) is 67.4 Å². The molecule has 188 valence electrons. The van der Waals surface area contributed by atoms with Crippen LogP contribution in [-0.2, 0) is 6.18 Å². The highest BCUT2D eigenvalue weighted by molar-refractivity contribution is 8.13. The van der Waals surface area contributed by atoms with Crippen LogP contribution in [0.2, 0.25) is 0 Å². The predicted molar refractivity (Wildman–Crippen MR) is 135 cm³/mol. The van der Waals surface area contributed by atoms with Crippen LogP contribution in [-0.4, -0.2) is 77.5 Å². The first-order chi connectivity index (χ1) is 16.8. The van der Waals surface area contributed by atoms with Crippen molar-refractivity contribution in [3.63, 3.8) is 0 Å². The Morgan fingerprint density at radius 2 is 1.94 bits per heavy atom. The molecule has 0 bridgehead atoms. The predicted octanol–water partition coefficient (Wildman–Crippen LogP) is 4.79. The van der Waals surface area contributed by atoms with E-state index in [0.717, 1.165) is 66.8 Å². The summed E-state index contributed by atoms with van der Waals surface area (Å²) in [5, 5.41) is 8.66. The summed E-state index contributed by atoms with van der Waals surface area (Å²) < 4.78 is 38.6. The number of alkyl halides is 3. The third-order valence-corrected chi connectivity index (χ3v) is 8.20. The van der Waals surface area contributed by atoms with E-state index in [1.165, 1.54) is 12.1 Å². The summed E-state index contributed by atoms with van der Waals surface area (Å²) in [4.78, 5) is 13.3. The fraction of sp³-hybridized carbons (Fsp3) is 0.520. The zero-order valence-electron chi connectivity index (χ0n) is 20.3. The van der Waals surface area contributed by atoms with Crippen LogP contribution in [0.5, 0.6) is 0 Å². The van der Waals surface area contributed by atoms with Crippen LogP contribution in [0, 0.1) is 5.41 Å². The molecule has 1 saturated heterocycles. The minimum Gasteiger partial charge on any atom is -0.309 e. The van der Waals surface area contributed by atoms with Crippen LogP contribution in [0.4, 0.5) is 13.2 Å². The van der Waals surface area contributed by atoms with Gasteiger partial charge in [0, 0.05) is 39.0 Å². The molecule has 1 aromatic heterocycles. The molecule has 0 N–H and O–H groups in total. The first-order valence-electron chi connectivity index (χ1n) is 11.7. The van der Waals surface area contributed by atoms with E-state index >= 15 is 0 Å². The van der Waals surface area contributed by atoms with E-state index in [1.54, 1.807) is 50.4 Å². The van der Waals surface area contributed by atoms with Gasteiger partial charge in [-0.3, -0.25) is 9.98 Å². The molecule has 2 aromatic rings. The van der Waals surface area contributed by atoms with Crippen molar-refractivity contribution in [1.29, 1.82) is 0 Å². The molecule has 35 heavy (non-hydrogen) atoms. The highest BCUT2D eigenvalue weighted by atomic mass is 32.2. The van der Waals surface area contributed by atoms with Crippen molar-refractivity contribution in [2.45, 2.75) is 31.4 Å². The molecule has 4 rings (SSSR count). The second-order valence-electron chi connectivity index (χ2n) is 9.21. The fourth-order valence-corrected chi connectivity index (χ4v) is 5.96. The van der Waals surface area contributed by atoms with Gasteiger partial charge in [-0.15, -0.1) is 0 Å². The smallest absolute Gasteiger partial charge is 0.309 e. The SMILES string of the molecule is C/N=C(/c1ccnnc1)N(C)/C(=N\C)SCCCN1CC[C@]2(C[C@@H]2c2ccc(C(F)(F)F)cc2)C1. The number of aromatic nitrogens is 2. The second-order valence-corrected chi connectivity index (χ2v) is 10.3. The number of hydrogen-bond donors (Lipinski definition) is 0. The van der Waals surface area contributed by atoms with Crippen LogP contribution in [0.3, 0.4) is 0 Å². The fourth-order valence-electron chi connectivity index (χ4n) is 5.10. The number of halogens is 3. The lowest BCUT2D eigenvalue weighted by Gasteiger charge is -2.22. The van der Waals surface area contributed by atoms with Gasteiger partial charge >= 0.3 is 6.18 Å². The van der Waals surface area contributed by atoms with E-state index in [0.29, 0.717) is 5.92 Å². The van der Waals surface area contributed by atoms with Crippen molar-refractivity contribution >= 4 is 22.8 Å². The summed E-state index contributed by atoms with van der Waals surface area (Å²) in [7, 11) is 5.50. The van der Waals surface area contributed by atoms with E-state index in [1.807, 2.05) is 18.0 Å². The molecule has 2 atom stereocenters. The van der Waals surface area contributed by atoms with Crippen molar-refractivity contribution in [3.05, 3.63) is 59.4 Å².